The van der Waals surface area contributed by atoms with Crippen molar-refractivity contribution in [1.82, 2.24) is 0 Å². The van der Waals surface area contributed by atoms with Gasteiger partial charge in [-0.05, 0) is 109 Å². The van der Waals surface area contributed by atoms with E-state index in [0.717, 1.165) is 64.2 Å². The molecule has 18 nitrogen and oxygen atoms in total. The van der Waals surface area contributed by atoms with Crippen molar-refractivity contribution in [3.05, 3.63) is 11.6 Å². The molecule has 4 saturated carbocycles. The van der Waals surface area contributed by atoms with Crippen molar-refractivity contribution in [3.63, 3.8) is 0 Å². The first-order valence-electron chi connectivity index (χ1n) is 28.5. The molecule has 8 aliphatic rings. The summed E-state index contributed by atoms with van der Waals surface area (Å²) in [6, 6.07) is 0. The van der Waals surface area contributed by atoms with Crippen LogP contribution in [0, 0.1) is 50.2 Å². The van der Waals surface area contributed by atoms with E-state index < -0.39 is 97.5 Å². The van der Waals surface area contributed by atoms with Crippen LogP contribution in [-0.4, -0.2) is 202 Å². The first-order valence-corrected chi connectivity index (χ1v) is 28.5. The average Bonchev–Trinajstić information content (AvgIpc) is 3.52. The third-order valence-electron chi connectivity index (χ3n) is 21.7. The fourth-order valence-electron chi connectivity index (χ4n) is 17.6. The first-order chi connectivity index (χ1) is 36.7. The molecule has 444 valence electrons. The smallest absolute Gasteiger partial charge is 0.312 e. The summed E-state index contributed by atoms with van der Waals surface area (Å²) in [6.07, 6.45) is 0.369. The van der Waals surface area contributed by atoms with Gasteiger partial charge in [-0.3, -0.25) is 4.79 Å². The number of allylic oxidation sites excluding steroid dienone is 2. The van der Waals surface area contributed by atoms with Crippen molar-refractivity contribution in [1.29, 1.82) is 0 Å². The molecule has 8 rings (SSSR count). The highest BCUT2D eigenvalue weighted by Gasteiger charge is 2.70. The Hall–Kier alpha value is -1.43. The minimum absolute atomic E-state index is 0.00591. The second kappa shape index (κ2) is 24.4. The van der Waals surface area contributed by atoms with E-state index in [-0.39, 0.29) is 64.9 Å². The second-order valence-corrected chi connectivity index (χ2v) is 25.9. The van der Waals surface area contributed by atoms with Crippen LogP contribution in [0.25, 0.3) is 0 Å². The Morgan fingerprint density at radius 1 is 0.506 bits per heavy atom. The molecule has 0 spiro atoms. The van der Waals surface area contributed by atoms with Crippen LogP contribution in [0.3, 0.4) is 0 Å². The molecular formula is C59H100O18. The zero-order valence-corrected chi connectivity index (χ0v) is 50.1. The molecular weight excluding hydrogens is 997 g/mol. The van der Waals surface area contributed by atoms with Gasteiger partial charge in [-0.1, -0.05) is 60.1 Å². The molecule has 7 fully saturated rings. The highest BCUT2D eigenvalue weighted by atomic mass is 16.8. The molecule has 77 heavy (non-hydrogen) atoms. The van der Waals surface area contributed by atoms with Crippen molar-refractivity contribution >= 4 is 5.97 Å². The Labute approximate surface area is 460 Å². The number of hydrogen-bond donors (Lipinski definition) is 0. The van der Waals surface area contributed by atoms with Crippen molar-refractivity contribution in [2.75, 3.05) is 98.0 Å². The molecule has 0 amide bonds. The lowest BCUT2D eigenvalue weighted by molar-refractivity contribution is -0.404. The van der Waals surface area contributed by atoms with E-state index in [2.05, 4.69) is 54.5 Å². The van der Waals surface area contributed by atoms with Crippen LogP contribution >= 0.6 is 0 Å². The van der Waals surface area contributed by atoms with E-state index >= 15 is 0 Å². The minimum Gasteiger partial charge on any atom is -0.469 e. The van der Waals surface area contributed by atoms with E-state index in [4.69, 9.17) is 80.5 Å². The third kappa shape index (κ3) is 10.6. The lowest BCUT2D eigenvalue weighted by Crippen LogP contribution is -2.69. The van der Waals surface area contributed by atoms with Crippen LogP contribution < -0.4 is 0 Å². The maximum absolute atomic E-state index is 13.9. The van der Waals surface area contributed by atoms with Crippen LogP contribution in [0.15, 0.2) is 11.6 Å². The topological polar surface area (TPSA) is 174 Å². The van der Waals surface area contributed by atoms with E-state index in [9.17, 15) is 4.79 Å². The van der Waals surface area contributed by atoms with Gasteiger partial charge in [-0.15, -0.1) is 0 Å². The predicted octanol–water partition coefficient (Wildman–Crippen LogP) is 7.34. The molecule has 3 aliphatic heterocycles. The maximum Gasteiger partial charge on any atom is 0.312 e. The zero-order valence-electron chi connectivity index (χ0n) is 50.1. The van der Waals surface area contributed by atoms with Gasteiger partial charge in [0.2, 0.25) is 0 Å². The van der Waals surface area contributed by atoms with Crippen LogP contribution in [0.4, 0.5) is 0 Å². The van der Waals surface area contributed by atoms with E-state index in [1.807, 2.05) is 0 Å². The van der Waals surface area contributed by atoms with Crippen LogP contribution in [0.5, 0.6) is 0 Å². The van der Waals surface area contributed by atoms with Gasteiger partial charge in [0.15, 0.2) is 18.9 Å². The Balaban J connectivity index is 1.15. The largest absolute Gasteiger partial charge is 0.469 e. The van der Waals surface area contributed by atoms with Gasteiger partial charge in [-0.25, -0.2) is 0 Å². The van der Waals surface area contributed by atoms with Crippen molar-refractivity contribution in [2.24, 2.45) is 50.2 Å². The number of hydrogen-bond acceptors (Lipinski definition) is 18. The molecule has 3 saturated heterocycles. The van der Waals surface area contributed by atoms with Crippen molar-refractivity contribution in [3.8, 4) is 0 Å². The molecule has 23 atom stereocenters. The molecule has 3 heterocycles. The summed E-state index contributed by atoms with van der Waals surface area (Å²) < 4.78 is 109. The molecule has 5 aliphatic carbocycles. The molecule has 0 aromatic heterocycles. The maximum atomic E-state index is 13.9. The van der Waals surface area contributed by atoms with Crippen molar-refractivity contribution < 1.29 is 85.3 Å². The summed E-state index contributed by atoms with van der Waals surface area (Å²) in [6.45, 7) is 17.8. The quantitative estimate of drug-likeness (QED) is 0.0673. The molecule has 0 bridgehead atoms. The van der Waals surface area contributed by atoms with E-state index in [1.165, 1.54) is 5.57 Å². The lowest BCUT2D eigenvalue weighted by Gasteiger charge is -2.71. The average molecular weight is 1100 g/mol. The summed E-state index contributed by atoms with van der Waals surface area (Å²) >= 11 is 0. The summed E-state index contributed by atoms with van der Waals surface area (Å²) in [5.74, 6) is 0.911. The Bertz CT molecular complexity index is 1990. The first kappa shape index (κ1) is 61.6. The standard InChI is InChI=1S/C59H100O18/c1-54(2)25-27-59(53(60)71-18)28-26-57(6)33(34(59)29-54)19-20-39-56(5)23-22-40(55(3,4)38(56)21-24-58(39,57)7)75-52-49(77-51-48(70-17)45(68-15)42(65-12)36(73-51)31-62-9)46(43(66-13)37(74-52)32-63-10)76-50-47(69-16)44(67-14)41(64-11)35(72-50)30-61-8/h19,34-52H,20-32H2,1-18H3. The number of esters is 1. The number of methoxy groups -OCH3 is 11. The monoisotopic (exact) mass is 1100 g/mol. The summed E-state index contributed by atoms with van der Waals surface area (Å²) in [7, 11) is 17.7. The molecule has 23 unspecified atom stereocenters. The number of fused-ring (bicyclic) bond motifs is 7. The lowest BCUT2D eigenvalue weighted by atomic mass is 9.33. The number of carbonyl (C=O) groups is 1. The van der Waals surface area contributed by atoms with Gasteiger partial charge in [0.25, 0.3) is 0 Å². The number of rotatable bonds is 20. The Morgan fingerprint density at radius 2 is 0.974 bits per heavy atom. The Morgan fingerprint density at radius 3 is 1.45 bits per heavy atom. The van der Waals surface area contributed by atoms with E-state index in [1.54, 1.807) is 78.2 Å². The van der Waals surface area contributed by atoms with Gasteiger partial charge < -0.3 is 80.5 Å². The fraction of sp³-hybridized carbons (Fsp3) is 0.949. The highest BCUT2D eigenvalue weighted by molar-refractivity contribution is 5.78. The van der Waals surface area contributed by atoms with Gasteiger partial charge in [0, 0.05) is 71.1 Å². The highest BCUT2D eigenvalue weighted by Crippen LogP contribution is 2.76. The van der Waals surface area contributed by atoms with Gasteiger partial charge in [-0.2, -0.15) is 0 Å². The predicted molar refractivity (Wildman–Crippen MR) is 283 cm³/mol. The third-order valence-corrected chi connectivity index (χ3v) is 21.7. The van der Waals surface area contributed by atoms with Gasteiger partial charge >= 0.3 is 5.97 Å². The summed E-state index contributed by atoms with van der Waals surface area (Å²) in [5, 5.41) is 0. The summed E-state index contributed by atoms with van der Waals surface area (Å²) in [5.41, 5.74) is 0.884. The zero-order chi connectivity index (χ0) is 56.0. The molecule has 0 N–H and O–H groups in total. The second-order valence-electron chi connectivity index (χ2n) is 25.9. The van der Waals surface area contributed by atoms with Crippen LogP contribution in [0.1, 0.15) is 113 Å². The fourth-order valence-corrected chi connectivity index (χ4v) is 17.6. The normalized spacial score (nSPS) is 47.4. The molecule has 0 radical (unpaired) electrons. The molecule has 0 aromatic carbocycles. The van der Waals surface area contributed by atoms with Crippen molar-refractivity contribution in [2.45, 2.75) is 211 Å². The minimum atomic E-state index is -1.06. The molecule has 18 heteroatoms. The molecule has 0 aromatic rings. The van der Waals surface area contributed by atoms with Gasteiger partial charge in [0.1, 0.15) is 73.2 Å². The number of carbonyl (C=O) groups excluding carboxylic acids is 1. The van der Waals surface area contributed by atoms with Crippen LogP contribution in [0.2, 0.25) is 0 Å². The van der Waals surface area contributed by atoms with Crippen LogP contribution in [-0.2, 0) is 85.3 Å². The SMILES string of the molecule is COCC1OC(OC2C(OC3CCC4(C)C(CCC5(C)C4CC=C4C6CC(C)(C)CCC6(C(=O)OC)CCC45C)C3(C)C)OC(COC)C(OC)C2OC2OC(COC)C(OC)C(OC)C2OC)C(OC)C(OC)C1OC. The Kier molecular flexibility index (Phi) is 19.5. The van der Waals surface area contributed by atoms with Gasteiger partial charge in [0.05, 0.1) is 38.4 Å². The number of ether oxygens (including phenoxy) is 17. The van der Waals surface area contributed by atoms with E-state index in [0.29, 0.717) is 11.8 Å². The summed E-state index contributed by atoms with van der Waals surface area (Å²) in [4.78, 5) is 13.9.